The first-order valence-corrected chi connectivity index (χ1v) is 12.5. The monoisotopic (exact) mass is 520 g/mol. The van der Waals surface area contributed by atoms with E-state index in [1.54, 1.807) is 50.3 Å². The van der Waals surface area contributed by atoms with Gasteiger partial charge in [-0.3, -0.25) is 10.4 Å². The van der Waals surface area contributed by atoms with Gasteiger partial charge in [-0.2, -0.15) is 0 Å². The average molecular weight is 521 g/mol. The maximum atomic E-state index is 12.7. The minimum absolute atomic E-state index is 0.0223. The average Bonchev–Trinajstić information content (AvgIpc) is 2.87. The molecule has 1 aromatic heterocycles. The summed E-state index contributed by atoms with van der Waals surface area (Å²) < 4.78 is 10.8. The molecule has 1 heterocycles. The first kappa shape index (κ1) is 28.6. The predicted octanol–water partition coefficient (Wildman–Crippen LogP) is 4.22. The lowest BCUT2D eigenvalue weighted by Gasteiger charge is -2.31. The van der Waals surface area contributed by atoms with Crippen LogP contribution in [0.4, 0.5) is 9.59 Å². The quantitative estimate of drug-likeness (QED) is 0.325. The van der Waals surface area contributed by atoms with Crippen LogP contribution < -0.4 is 10.7 Å². The Labute approximate surface area is 223 Å². The maximum Gasteiger partial charge on any atom is 0.422 e. The SMILES string of the molecule is CC(C)(C)OC(=O)NN(Cc1ccccc1)C[C@H](O)[C@H](Cc1ccccc1)NC(=O)OCc1cccnc1. The van der Waals surface area contributed by atoms with Gasteiger partial charge in [0.2, 0.25) is 0 Å². The number of carbonyl (C=O) groups is 2. The molecule has 0 fully saturated rings. The van der Waals surface area contributed by atoms with Gasteiger partial charge in [-0.1, -0.05) is 66.7 Å². The summed E-state index contributed by atoms with van der Waals surface area (Å²) >= 11 is 0. The summed E-state index contributed by atoms with van der Waals surface area (Å²) in [5, 5.41) is 15.7. The normalized spacial score (nSPS) is 12.9. The van der Waals surface area contributed by atoms with Crippen LogP contribution in [0, 0.1) is 0 Å². The molecular weight excluding hydrogens is 484 g/mol. The van der Waals surface area contributed by atoms with Crippen LogP contribution in [0.2, 0.25) is 0 Å². The second kappa shape index (κ2) is 14.1. The number of amides is 2. The third-order valence-corrected chi connectivity index (χ3v) is 5.43. The third-order valence-electron chi connectivity index (χ3n) is 5.43. The van der Waals surface area contributed by atoms with Crippen molar-refractivity contribution in [1.29, 1.82) is 0 Å². The van der Waals surface area contributed by atoms with E-state index >= 15 is 0 Å². The van der Waals surface area contributed by atoms with E-state index in [-0.39, 0.29) is 13.2 Å². The molecule has 2 aromatic carbocycles. The molecule has 0 bridgehead atoms. The van der Waals surface area contributed by atoms with E-state index in [0.29, 0.717) is 13.0 Å². The van der Waals surface area contributed by atoms with Crippen molar-refractivity contribution in [2.75, 3.05) is 6.54 Å². The largest absolute Gasteiger partial charge is 0.445 e. The third kappa shape index (κ3) is 10.6. The Morgan fingerprint density at radius 2 is 1.55 bits per heavy atom. The molecule has 3 N–H and O–H groups in total. The Kier molecular flexibility index (Phi) is 10.6. The number of benzene rings is 2. The summed E-state index contributed by atoms with van der Waals surface area (Å²) in [6, 6.07) is 21.9. The van der Waals surface area contributed by atoms with Crippen LogP contribution in [0.1, 0.15) is 37.5 Å². The van der Waals surface area contributed by atoms with Crippen LogP contribution in [-0.4, -0.2) is 51.6 Å². The first-order chi connectivity index (χ1) is 18.2. The topological polar surface area (TPSA) is 113 Å². The lowest BCUT2D eigenvalue weighted by molar-refractivity contribution is 0.0141. The molecule has 0 saturated carbocycles. The zero-order valence-electron chi connectivity index (χ0n) is 22.0. The van der Waals surface area contributed by atoms with E-state index < -0.39 is 29.9 Å². The molecule has 0 aliphatic carbocycles. The van der Waals surface area contributed by atoms with Crippen molar-refractivity contribution in [3.05, 3.63) is 102 Å². The van der Waals surface area contributed by atoms with Gasteiger partial charge in [-0.15, -0.1) is 0 Å². The summed E-state index contributed by atoms with van der Waals surface area (Å²) in [7, 11) is 0. The van der Waals surface area contributed by atoms with E-state index in [1.165, 1.54) is 0 Å². The van der Waals surface area contributed by atoms with Crippen molar-refractivity contribution in [2.45, 2.75) is 58.1 Å². The Morgan fingerprint density at radius 1 is 0.921 bits per heavy atom. The highest BCUT2D eigenvalue weighted by Crippen LogP contribution is 2.12. The Bertz CT molecular complexity index is 1120. The fourth-order valence-corrected chi connectivity index (χ4v) is 3.71. The number of hydrazine groups is 1. The van der Waals surface area contributed by atoms with Gasteiger partial charge < -0.3 is 19.9 Å². The summed E-state index contributed by atoms with van der Waals surface area (Å²) in [5.74, 6) is 0. The van der Waals surface area contributed by atoms with Gasteiger partial charge in [0.05, 0.1) is 12.1 Å². The van der Waals surface area contributed by atoms with Gasteiger partial charge in [0, 0.05) is 31.0 Å². The van der Waals surface area contributed by atoms with Crippen molar-refractivity contribution in [3.63, 3.8) is 0 Å². The molecule has 0 aliphatic heterocycles. The first-order valence-electron chi connectivity index (χ1n) is 12.5. The Balaban J connectivity index is 1.72. The highest BCUT2D eigenvalue weighted by molar-refractivity contribution is 5.68. The fourth-order valence-electron chi connectivity index (χ4n) is 3.71. The maximum absolute atomic E-state index is 12.7. The molecule has 0 aliphatic rings. The molecule has 0 unspecified atom stereocenters. The number of nitrogens with one attached hydrogen (secondary N) is 2. The van der Waals surface area contributed by atoms with Gasteiger partial charge in [0.25, 0.3) is 0 Å². The van der Waals surface area contributed by atoms with Crippen LogP contribution in [0.15, 0.2) is 85.2 Å². The van der Waals surface area contributed by atoms with Crippen LogP contribution in [0.25, 0.3) is 0 Å². The Hall–Kier alpha value is -3.95. The highest BCUT2D eigenvalue weighted by atomic mass is 16.6. The number of aliphatic hydroxyl groups is 1. The highest BCUT2D eigenvalue weighted by Gasteiger charge is 2.27. The molecule has 3 aromatic rings. The number of aromatic nitrogens is 1. The fraction of sp³-hybridized carbons (Fsp3) is 0.345. The number of ether oxygens (including phenoxy) is 2. The minimum Gasteiger partial charge on any atom is -0.445 e. The number of rotatable bonds is 11. The van der Waals surface area contributed by atoms with Crippen LogP contribution in [-0.2, 0) is 29.0 Å². The zero-order chi connectivity index (χ0) is 27.4. The molecule has 9 heteroatoms. The molecule has 9 nitrogen and oxygen atoms in total. The smallest absolute Gasteiger partial charge is 0.422 e. The summed E-state index contributed by atoms with van der Waals surface area (Å²) in [4.78, 5) is 29.2. The van der Waals surface area contributed by atoms with E-state index in [1.807, 2.05) is 60.7 Å². The number of hydrogen-bond donors (Lipinski definition) is 3. The molecule has 0 spiro atoms. The zero-order valence-corrected chi connectivity index (χ0v) is 22.0. The van der Waals surface area contributed by atoms with Crippen molar-refractivity contribution in [3.8, 4) is 0 Å². The lowest BCUT2D eigenvalue weighted by atomic mass is 10.0. The minimum atomic E-state index is -1.06. The Morgan fingerprint density at radius 3 is 2.16 bits per heavy atom. The standard InChI is InChI=1S/C29H36N4O5/c1-29(2,3)38-28(36)32-33(19-23-13-8-5-9-14-23)20-26(34)25(17-22-11-6-4-7-12-22)31-27(35)37-21-24-15-10-16-30-18-24/h4-16,18,25-26,34H,17,19-21H2,1-3H3,(H,31,35)(H,32,36)/t25-,26-/m0/s1. The van der Waals surface area contributed by atoms with Gasteiger partial charge in [0.1, 0.15) is 12.2 Å². The van der Waals surface area contributed by atoms with E-state index in [0.717, 1.165) is 16.7 Å². The molecule has 2 amide bonds. The summed E-state index contributed by atoms with van der Waals surface area (Å²) in [6.45, 7) is 5.73. The number of alkyl carbamates (subject to hydrolysis) is 1. The predicted molar refractivity (Wildman–Crippen MR) is 144 cm³/mol. The molecule has 2 atom stereocenters. The van der Waals surface area contributed by atoms with E-state index in [2.05, 4.69) is 15.7 Å². The van der Waals surface area contributed by atoms with E-state index in [9.17, 15) is 14.7 Å². The number of aliphatic hydroxyl groups excluding tert-OH is 1. The summed E-state index contributed by atoms with van der Waals surface area (Å²) in [5.41, 5.74) is 4.66. The number of pyridine rings is 1. The van der Waals surface area contributed by atoms with E-state index in [4.69, 9.17) is 9.47 Å². The second-order valence-corrected chi connectivity index (χ2v) is 9.93. The number of hydrogen-bond acceptors (Lipinski definition) is 7. The van der Waals surface area contributed by atoms with Gasteiger partial charge in [0.15, 0.2) is 0 Å². The van der Waals surface area contributed by atoms with Crippen molar-refractivity contribution >= 4 is 12.2 Å². The molecule has 38 heavy (non-hydrogen) atoms. The van der Waals surface area contributed by atoms with Gasteiger partial charge in [-0.05, 0) is 44.4 Å². The van der Waals surface area contributed by atoms with Gasteiger partial charge >= 0.3 is 12.2 Å². The van der Waals surface area contributed by atoms with Crippen LogP contribution >= 0.6 is 0 Å². The molecule has 202 valence electrons. The van der Waals surface area contributed by atoms with Crippen molar-refractivity contribution in [1.82, 2.24) is 20.7 Å². The molecule has 3 rings (SSSR count). The molecular formula is C29H36N4O5. The summed E-state index contributed by atoms with van der Waals surface area (Å²) in [6.07, 6.45) is 1.26. The van der Waals surface area contributed by atoms with Crippen molar-refractivity contribution in [2.24, 2.45) is 0 Å². The van der Waals surface area contributed by atoms with Gasteiger partial charge in [-0.25, -0.2) is 14.6 Å². The second-order valence-electron chi connectivity index (χ2n) is 9.93. The molecule has 0 saturated heterocycles. The lowest BCUT2D eigenvalue weighted by Crippen LogP contribution is -2.53. The number of carbonyl (C=O) groups excluding carboxylic acids is 2. The number of nitrogens with zero attached hydrogens (tertiary/aromatic N) is 2. The molecule has 0 radical (unpaired) electrons. The van der Waals surface area contributed by atoms with Crippen LogP contribution in [0.3, 0.4) is 0 Å². The van der Waals surface area contributed by atoms with Crippen molar-refractivity contribution < 1.29 is 24.2 Å². The van der Waals surface area contributed by atoms with Crippen LogP contribution in [0.5, 0.6) is 0 Å².